The lowest BCUT2D eigenvalue weighted by molar-refractivity contribution is 0.302. The van der Waals surface area contributed by atoms with Gasteiger partial charge in [-0.25, -0.2) is 0 Å². The Balaban J connectivity index is 1.91. The minimum Gasteiger partial charge on any atom is -0.508 e. The van der Waals surface area contributed by atoms with Gasteiger partial charge in [-0.05, 0) is 53.9 Å². The van der Waals surface area contributed by atoms with Crippen LogP contribution in [0.3, 0.4) is 0 Å². The molecule has 2 aromatic rings. The van der Waals surface area contributed by atoms with Crippen molar-refractivity contribution in [3.63, 3.8) is 0 Å². The third kappa shape index (κ3) is 3.77. The highest BCUT2D eigenvalue weighted by atomic mass is 16.3. The van der Waals surface area contributed by atoms with E-state index in [1.54, 1.807) is 0 Å². The van der Waals surface area contributed by atoms with E-state index in [9.17, 15) is 5.11 Å². The molecule has 1 nitrogen and oxygen atoms in total. The maximum Gasteiger partial charge on any atom is 0.115 e. The van der Waals surface area contributed by atoms with Gasteiger partial charge >= 0.3 is 0 Å². The van der Waals surface area contributed by atoms with Crippen molar-refractivity contribution in [1.29, 1.82) is 0 Å². The van der Waals surface area contributed by atoms with E-state index in [-0.39, 0.29) is 5.41 Å². The second-order valence-electron chi connectivity index (χ2n) is 7.20. The molecule has 0 spiro atoms. The summed E-state index contributed by atoms with van der Waals surface area (Å²) in [4.78, 5) is 0. The minimum absolute atomic E-state index is 0.216. The van der Waals surface area contributed by atoms with Crippen molar-refractivity contribution in [3.8, 4) is 5.75 Å². The standard InChI is InChI=1S/C22H28O/c1-2-22(16-18-8-6-7-9-18,20-10-4-3-5-11-20)17-19-12-14-21(23)15-13-19/h3-5,10-15,18,23H,2,6-9,16-17H2,1H3. The predicted molar refractivity (Wildman–Crippen MR) is 96.8 cm³/mol. The fraction of sp³-hybridized carbons (Fsp3) is 0.455. The van der Waals surface area contributed by atoms with Crippen LogP contribution in [0.5, 0.6) is 5.75 Å². The number of rotatable bonds is 6. The molecule has 1 saturated carbocycles. The first-order valence-corrected chi connectivity index (χ1v) is 9.05. The first-order chi connectivity index (χ1) is 11.2. The fourth-order valence-electron chi connectivity index (χ4n) is 4.33. The molecule has 1 fully saturated rings. The summed E-state index contributed by atoms with van der Waals surface area (Å²) in [5.74, 6) is 1.22. The number of aromatic hydroxyl groups is 1. The summed E-state index contributed by atoms with van der Waals surface area (Å²) in [6.07, 6.45) is 9.10. The maximum atomic E-state index is 9.56. The van der Waals surface area contributed by atoms with E-state index in [1.807, 2.05) is 12.1 Å². The maximum absolute atomic E-state index is 9.56. The highest BCUT2D eigenvalue weighted by Crippen LogP contribution is 2.42. The molecular weight excluding hydrogens is 280 g/mol. The minimum atomic E-state index is 0.216. The quantitative estimate of drug-likeness (QED) is 0.708. The van der Waals surface area contributed by atoms with Crippen LogP contribution in [0, 0.1) is 5.92 Å². The molecule has 0 bridgehead atoms. The first-order valence-electron chi connectivity index (χ1n) is 9.05. The summed E-state index contributed by atoms with van der Waals surface area (Å²) in [6, 6.07) is 18.9. The highest BCUT2D eigenvalue weighted by Gasteiger charge is 2.34. The smallest absolute Gasteiger partial charge is 0.115 e. The average molecular weight is 308 g/mol. The Morgan fingerprint density at radius 2 is 1.61 bits per heavy atom. The van der Waals surface area contributed by atoms with Gasteiger partial charge in [0.1, 0.15) is 5.75 Å². The summed E-state index contributed by atoms with van der Waals surface area (Å²) < 4.78 is 0. The molecule has 0 saturated heterocycles. The molecule has 1 aliphatic carbocycles. The lowest BCUT2D eigenvalue weighted by Gasteiger charge is -2.36. The van der Waals surface area contributed by atoms with Crippen LogP contribution in [0.4, 0.5) is 0 Å². The molecule has 1 heteroatoms. The Morgan fingerprint density at radius 1 is 0.957 bits per heavy atom. The molecule has 3 rings (SSSR count). The van der Waals surface area contributed by atoms with Crippen molar-refractivity contribution >= 4 is 0 Å². The van der Waals surface area contributed by atoms with Crippen LogP contribution in [0.1, 0.15) is 56.6 Å². The van der Waals surface area contributed by atoms with Gasteiger partial charge in [-0.15, -0.1) is 0 Å². The fourth-order valence-corrected chi connectivity index (χ4v) is 4.33. The zero-order valence-corrected chi connectivity index (χ0v) is 14.2. The van der Waals surface area contributed by atoms with Crippen LogP contribution in [0.15, 0.2) is 54.6 Å². The molecular formula is C22H28O. The Hall–Kier alpha value is -1.76. The molecule has 1 atom stereocenters. The van der Waals surface area contributed by atoms with Gasteiger partial charge in [0, 0.05) is 0 Å². The molecule has 1 N–H and O–H groups in total. The molecule has 0 aliphatic heterocycles. The van der Waals surface area contributed by atoms with E-state index in [0.717, 1.165) is 18.8 Å². The molecule has 0 amide bonds. The van der Waals surface area contributed by atoms with Crippen LogP contribution < -0.4 is 0 Å². The normalized spacial score (nSPS) is 18.0. The number of phenols is 1. The van der Waals surface area contributed by atoms with Gasteiger partial charge in [0.2, 0.25) is 0 Å². The summed E-state index contributed by atoms with van der Waals surface area (Å²) >= 11 is 0. The third-order valence-corrected chi connectivity index (χ3v) is 5.70. The molecule has 122 valence electrons. The second kappa shape index (κ2) is 7.21. The van der Waals surface area contributed by atoms with Crippen molar-refractivity contribution in [2.45, 2.75) is 57.3 Å². The van der Waals surface area contributed by atoms with E-state index < -0.39 is 0 Å². The molecule has 1 unspecified atom stereocenters. The van der Waals surface area contributed by atoms with E-state index in [2.05, 4.69) is 49.4 Å². The van der Waals surface area contributed by atoms with Crippen molar-refractivity contribution < 1.29 is 5.11 Å². The van der Waals surface area contributed by atoms with Crippen LogP contribution in [-0.4, -0.2) is 5.11 Å². The van der Waals surface area contributed by atoms with Crippen molar-refractivity contribution in [2.24, 2.45) is 5.92 Å². The van der Waals surface area contributed by atoms with Gasteiger partial charge in [0.15, 0.2) is 0 Å². The summed E-state index contributed by atoms with van der Waals surface area (Å²) in [5, 5.41) is 9.56. The van der Waals surface area contributed by atoms with Gasteiger partial charge in [0.05, 0.1) is 0 Å². The lowest BCUT2D eigenvalue weighted by atomic mass is 9.68. The third-order valence-electron chi connectivity index (χ3n) is 5.70. The number of hydrogen-bond acceptors (Lipinski definition) is 1. The SMILES string of the molecule is CCC(Cc1ccc(O)cc1)(CC1CCCC1)c1ccccc1. The Labute approximate surface area is 140 Å². The lowest BCUT2D eigenvalue weighted by Crippen LogP contribution is -2.30. The van der Waals surface area contributed by atoms with E-state index in [1.165, 1.54) is 43.2 Å². The summed E-state index contributed by atoms with van der Waals surface area (Å²) in [7, 11) is 0. The van der Waals surface area contributed by atoms with Gasteiger partial charge in [-0.1, -0.05) is 75.1 Å². The van der Waals surface area contributed by atoms with Gasteiger partial charge in [0.25, 0.3) is 0 Å². The van der Waals surface area contributed by atoms with E-state index in [4.69, 9.17) is 0 Å². The molecule has 1 aliphatic rings. The topological polar surface area (TPSA) is 20.2 Å². The molecule has 2 aromatic carbocycles. The van der Waals surface area contributed by atoms with Crippen LogP contribution in [0.25, 0.3) is 0 Å². The molecule has 23 heavy (non-hydrogen) atoms. The van der Waals surface area contributed by atoms with Crippen LogP contribution >= 0.6 is 0 Å². The first kappa shape index (κ1) is 16.1. The van der Waals surface area contributed by atoms with Gasteiger partial charge in [-0.2, -0.15) is 0 Å². The zero-order valence-electron chi connectivity index (χ0n) is 14.2. The Kier molecular flexibility index (Phi) is 5.05. The highest BCUT2D eigenvalue weighted by molar-refractivity contribution is 5.32. The molecule has 0 heterocycles. The summed E-state index contributed by atoms with van der Waals surface area (Å²) in [6.45, 7) is 2.34. The Morgan fingerprint density at radius 3 is 2.22 bits per heavy atom. The monoisotopic (exact) mass is 308 g/mol. The number of phenolic OH excluding ortho intramolecular Hbond substituents is 1. The largest absolute Gasteiger partial charge is 0.508 e. The van der Waals surface area contributed by atoms with E-state index >= 15 is 0 Å². The summed E-state index contributed by atoms with van der Waals surface area (Å²) in [5.41, 5.74) is 3.02. The number of benzene rings is 2. The van der Waals surface area contributed by atoms with Gasteiger partial charge < -0.3 is 5.11 Å². The number of hydrogen-bond donors (Lipinski definition) is 1. The average Bonchev–Trinajstić information content (AvgIpc) is 3.10. The molecule has 0 aromatic heterocycles. The molecule has 0 radical (unpaired) electrons. The zero-order chi connectivity index (χ0) is 16.1. The van der Waals surface area contributed by atoms with Crippen molar-refractivity contribution in [1.82, 2.24) is 0 Å². The van der Waals surface area contributed by atoms with Crippen molar-refractivity contribution in [2.75, 3.05) is 0 Å². The van der Waals surface area contributed by atoms with Crippen LogP contribution in [0.2, 0.25) is 0 Å². The van der Waals surface area contributed by atoms with Crippen molar-refractivity contribution in [3.05, 3.63) is 65.7 Å². The predicted octanol–water partition coefficient (Wildman–Crippen LogP) is 5.86. The van der Waals surface area contributed by atoms with Crippen LogP contribution in [-0.2, 0) is 11.8 Å². The van der Waals surface area contributed by atoms with Gasteiger partial charge in [-0.3, -0.25) is 0 Å². The van der Waals surface area contributed by atoms with E-state index in [0.29, 0.717) is 5.75 Å². The second-order valence-corrected chi connectivity index (χ2v) is 7.20. The Bertz CT molecular complexity index is 596.